The van der Waals surface area contributed by atoms with Crippen LogP contribution in [0.3, 0.4) is 0 Å². The summed E-state index contributed by atoms with van der Waals surface area (Å²) in [4.78, 5) is 22.4. The molecule has 2 atom stereocenters. The molecule has 1 saturated carbocycles. The van der Waals surface area contributed by atoms with E-state index in [9.17, 15) is 9.59 Å². The van der Waals surface area contributed by atoms with Gasteiger partial charge in [-0.05, 0) is 40.0 Å². The van der Waals surface area contributed by atoms with Gasteiger partial charge in [0.05, 0.1) is 5.92 Å². The predicted octanol–water partition coefficient (Wildman–Crippen LogP) is 2.15. The van der Waals surface area contributed by atoms with Crippen molar-refractivity contribution in [2.45, 2.75) is 58.1 Å². The van der Waals surface area contributed by atoms with E-state index in [0.29, 0.717) is 12.8 Å². The summed E-state index contributed by atoms with van der Waals surface area (Å²) in [7, 11) is 0. The van der Waals surface area contributed by atoms with Crippen LogP contribution < -0.4 is 5.32 Å². The fourth-order valence-corrected chi connectivity index (χ4v) is 2.02. The van der Waals surface area contributed by atoms with Crippen molar-refractivity contribution in [2.24, 2.45) is 5.92 Å². The second-order valence-electron chi connectivity index (χ2n) is 5.54. The Morgan fingerprint density at radius 3 is 2.47 bits per heavy atom. The molecule has 0 aromatic carbocycles. The van der Waals surface area contributed by atoms with Crippen molar-refractivity contribution in [3.05, 3.63) is 0 Å². The molecule has 17 heavy (non-hydrogen) atoms. The molecule has 1 amide bonds. The molecular weight excluding hydrogens is 222 g/mol. The number of carbonyl (C=O) groups is 2. The van der Waals surface area contributed by atoms with Gasteiger partial charge >= 0.3 is 12.1 Å². The number of carboxylic acid groups (broad SMARTS) is 1. The van der Waals surface area contributed by atoms with Gasteiger partial charge in [-0.2, -0.15) is 0 Å². The van der Waals surface area contributed by atoms with Gasteiger partial charge in [0.25, 0.3) is 0 Å². The molecule has 1 aliphatic carbocycles. The fraction of sp³-hybridized carbons (Fsp3) is 0.833. The lowest BCUT2D eigenvalue weighted by atomic mass is 9.86. The normalized spacial score (nSPS) is 25.1. The second kappa shape index (κ2) is 5.38. The number of alkyl carbamates (subject to hydrolysis) is 1. The molecule has 98 valence electrons. The number of carboxylic acids is 1. The topological polar surface area (TPSA) is 75.6 Å². The molecule has 0 aromatic heterocycles. The van der Waals surface area contributed by atoms with Gasteiger partial charge in [-0.3, -0.25) is 4.79 Å². The third-order valence-corrected chi connectivity index (χ3v) is 2.74. The quantitative estimate of drug-likeness (QED) is 0.779. The van der Waals surface area contributed by atoms with Crippen molar-refractivity contribution >= 4 is 12.1 Å². The number of hydrogen-bond donors (Lipinski definition) is 2. The van der Waals surface area contributed by atoms with Crippen molar-refractivity contribution in [2.75, 3.05) is 0 Å². The van der Waals surface area contributed by atoms with E-state index in [4.69, 9.17) is 9.84 Å². The molecule has 0 aromatic rings. The number of rotatable bonds is 2. The maximum absolute atomic E-state index is 11.5. The maximum atomic E-state index is 11.5. The lowest BCUT2D eigenvalue weighted by molar-refractivity contribution is -0.143. The van der Waals surface area contributed by atoms with Crippen LogP contribution in [-0.2, 0) is 9.53 Å². The SMILES string of the molecule is CC(C)(C)OC(=O)N[C@H]1CCC[C@H](C(=O)O)C1. The molecule has 0 aliphatic heterocycles. The maximum Gasteiger partial charge on any atom is 0.407 e. The number of nitrogens with one attached hydrogen (secondary N) is 1. The van der Waals surface area contributed by atoms with E-state index in [0.717, 1.165) is 12.8 Å². The highest BCUT2D eigenvalue weighted by Crippen LogP contribution is 2.24. The van der Waals surface area contributed by atoms with E-state index < -0.39 is 17.7 Å². The summed E-state index contributed by atoms with van der Waals surface area (Å²) in [5, 5.41) is 11.7. The van der Waals surface area contributed by atoms with Crippen molar-refractivity contribution < 1.29 is 19.4 Å². The number of carbonyl (C=O) groups excluding carboxylic acids is 1. The minimum absolute atomic E-state index is 0.0836. The standard InChI is InChI=1S/C12H21NO4/c1-12(2,3)17-11(16)13-9-6-4-5-8(7-9)10(14)15/h8-9H,4-7H2,1-3H3,(H,13,16)(H,14,15)/t8-,9-/m0/s1. The molecule has 1 fully saturated rings. The average Bonchev–Trinajstić information content (AvgIpc) is 2.14. The number of ether oxygens (including phenoxy) is 1. The van der Waals surface area contributed by atoms with Crippen LogP contribution in [-0.4, -0.2) is 28.8 Å². The summed E-state index contributed by atoms with van der Waals surface area (Å²) in [6, 6.07) is -0.0836. The number of aliphatic carboxylic acids is 1. The van der Waals surface area contributed by atoms with Crippen LogP contribution in [0.25, 0.3) is 0 Å². The Balaban J connectivity index is 2.41. The monoisotopic (exact) mass is 243 g/mol. The molecule has 1 rings (SSSR count). The van der Waals surface area contributed by atoms with Crippen LogP contribution in [0.1, 0.15) is 46.5 Å². The predicted molar refractivity (Wildman–Crippen MR) is 62.8 cm³/mol. The van der Waals surface area contributed by atoms with Gasteiger partial charge in [-0.25, -0.2) is 4.79 Å². The van der Waals surface area contributed by atoms with E-state index in [1.165, 1.54) is 0 Å². The first-order chi connectivity index (χ1) is 7.78. The molecule has 0 radical (unpaired) electrons. The Hall–Kier alpha value is -1.26. The number of hydrogen-bond acceptors (Lipinski definition) is 3. The zero-order chi connectivity index (χ0) is 13.1. The van der Waals surface area contributed by atoms with Crippen molar-refractivity contribution in [1.29, 1.82) is 0 Å². The van der Waals surface area contributed by atoms with Crippen molar-refractivity contribution in [3.63, 3.8) is 0 Å². The average molecular weight is 243 g/mol. The summed E-state index contributed by atoms with van der Waals surface area (Å²) in [5.41, 5.74) is -0.523. The van der Waals surface area contributed by atoms with Crippen LogP contribution in [0.15, 0.2) is 0 Å². The Morgan fingerprint density at radius 2 is 1.94 bits per heavy atom. The van der Waals surface area contributed by atoms with E-state index >= 15 is 0 Å². The largest absolute Gasteiger partial charge is 0.481 e. The van der Waals surface area contributed by atoms with Crippen LogP contribution in [0, 0.1) is 5.92 Å². The summed E-state index contributed by atoms with van der Waals surface area (Å²) in [6.07, 6.45) is 2.38. The van der Waals surface area contributed by atoms with E-state index in [-0.39, 0.29) is 12.0 Å². The molecule has 0 spiro atoms. The third kappa shape index (κ3) is 5.06. The summed E-state index contributed by atoms with van der Waals surface area (Å²) in [5.74, 6) is -1.12. The summed E-state index contributed by atoms with van der Waals surface area (Å²) < 4.78 is 5.14. The Bertz CT molecular complexity index is 295. The molecule has 0 bridgehead atoms. The third-order valence-electron chi connectivity index (χ3n) is 2.74. The van der Waals surface area contributed by atoms with Crippen LogP contribution in [0.5, 0.6) is 0 Å². The van der Waals surface area contributed by atoms with Gasteiger partial charge in [0, 0.05) is 6.04 Å². The Labute approximate surface area is 102 Å². The minimum atomic E-state index is -0.777. The second-order valence-corrected chi connectivity index (χ2v) is 5.54. The Kier molecular flexibility index (Phi) is 4.37. The minimum Gasteiger partial charge on any atom is -0.481 e. The van der Waals surface area contributed by atoms with Gasteiger partial charge in [-0.15, -0.1) is 0 Å². The molecule has 2 N–H and O–H groups in total. The van der Waals surface area contributed by atoms with Crippen LogP contribution in [0.4, 0.5) is 4.79 Å². The lowest BCUT2D eigenvalue weighted by Crippen LogP contribution is -2.42. The molecule has 0 saturated heterocycles. The lowest BCUT2D eigenvalue weighted by Gasteiger charge is -2.28. The van der Waals surface area contributed by atoms with Gasteiger partial charge in [-0.1, -0.05) is 6.42 Å². The van der Waals surface area contributed by atoms with Crippen molar-refractivity contribution in [1.82, 2.24) is 5.32 Å². The summed E-state index contributed by atoms with van der Waals surface area (Å²) >= 11 is 0. The molecule has 0 unspecified atom stereocenters. The van der Waals surface area contributed by atoms with Crippen LogP contribution in [0.2, 0.25) is 0 Å². The fourth-order valence-electron chi connectivity index (χ4n) is 2.02. The summed E-state index contributed by atoms with van der Waals surface area (Å²) in [6.45, 7) is 5.40. The molecule has 5 heteroatoms. The smallest absolute Gasteiger partial charge is 0.407 e. The molecule has 0 heterocycles. The van der Waals surface area contributed by atoms with Crippen LogP contribution >= 0.6 is 0 Å². The number of amides is 1. The van der Waals surface area contributed by atoms with Crippen molar-refractivity contribution in [3.8, 4) is 0 Å². The zero-order valence-electron chi connectivity index (χ0n) is 10.7. The van der Waals surface area contributed by atoms with E-state index in [2.05, 4.69) is 5.32 Å². The molecular formula is C12H21NO4. The molecule has 1 aliphatic rings. The van der Waals surface area contributed by atoms with Gasteiger partial charge in [0.15, 0.2) is 0 Å². The first-order valence-electron chi connectivity index (χ1n) is 6.00. The van der Waals surface area contributed by atoms with Gasteiger partial charge in [0.1, 0.15) is 5.60 Å². The highest BCUT2D eigenvalue weighted by molar-refractivity contribution is 5.71. The van der Waals surface area contributed by atoms with Gasteiger partial charge < -0.3 is 15.2 Å². The molecule has 5 nitrogen and oxygen atoms in total. The Morgan fingerprint density at radius 1 is 1.29 bits per heavy atom. The van der Waals surface area contributed by atoms with E-state index in [1.807, 2.05) is 0 Å². The highest BCUT2D eigenvalue weighted by Gasteiger charge is 2.28. The van der Waals surface area contributed by atoms with E-state index in [1.54, 1.807) is 20.8 Å². The van der Waals surface area contributed by atoms with Gasteiger partial charge in [0.2, 0.25) is 0 Å². The first-order valence-corrected chi connectivity index (χ1v) is 6.00. The first kappa shape index (κ1) is 13.8. The zero-order valence-corrected chi connectivity index (χ0v) is 10.7. The highest BCUT2D eigenvalue weighted by atomic mass is 16.6.